The number of fused-ring (bicyclic) bond motifs is 1. The maximum Gasteiger partial charge on any atom is 0.315 e. The van der Waals surface area contributed by atoms with Crippen LogP contribution >= 0.6 is 0 Å². The molecule has 0 saturated heterocycles. The van der Waals surface area contributed by atoms with Crippen molar-refractivity contribution in [1.29, 1.82) is 0 Å². The van der Waals surface area contributed by atoms with Crippen LogP contribution in [0.1, 0.15) is 51.2 Å². The lowest BCUT2D eigenvalue weighted by atomic mass is 9.87. The summed E-state index contributed by atoms with van der Waals surface area (Å²) >= 11 is 0. The largest absolute Gasteiger partial charge is 0.481 e. The Bertz CT molecular complexity index is 477. The van der Waals surface area contributed by atoms with E-state index in [9.17, 15) is 9.90 Å². The summed E-state index contributed by atoms with van der Waals surface area (Å²) in [6.45, 7) is 7.84. The molecule has 0 aliphatic heterocycles. The van der Waals surface area contributed by atoms with Crippen LogP contribution in [-0.4, -0.2) is 21.0 Å². The van der Waals surface area contributed by atoms with Gasteiger partial charge in [-0.05, 0) is 25.3 Å². The number of aryl methyl sites for hydroxylation is 1. The highest BCUT2D eigenvalue weighted by molar-refractivity contribution is 5.81. The van der Waals surface area contributed by atoms with Gasteiger partial charge in [0.1, 0.15) is 11.2 Å². The van der Waals surface area contributed by atoms with Gasteiger partial charge < -0.3 is 5.11 Å². The fourth-order valence-electron chi connectivity index (χ4n) is 2.14. The second-order valence-electron chi connectivity index (χ2n) is 5.95. The normalized spacial score (nSPS) is 23.5. The van der Waals surface area contributed by atoms with Crippen molar-refractivity contribution < 1.29 is 9.90 Å². The predicted octanol–water partition coefficient (Wildman–Crippen LogP) is 2.06. The number of carboxylic acid groups (broad SMARTS) is 1. The topological polar surface area (TPSA) is 63.1 Å². The summed E-state index contributed by atoms with van der Waals surface area (Å²) in [5.41, 5.74) is 0.669. The van der Waals surface area contributed by atoms with Crippen LogP contribution in [0.4, 0.5) is 0 Å². The van der Waals surface area contributed by atoms with E-state index in [0.29, 0.717) is 17.9 Å². The molecule has 4 nitrogen and oxygen atoms in total. The third-order valence-corrected chi connectivity index (χ3v) is 3.42. The lowest BCUT2D eigenvalue weighted by Gasteiger charge is -2.22. The minimum absolute atomic E-state index is 0.156. The van der Waals surface area contributed by atoms with Crippen molar-refractivity contribution in [2.45, 2.75) is 51.4 Å². The summed E-state index contributed by atoms with van der Waals surface area (Å²) in [7, 11) is 0. The minimum Gasteiger partial charge on any atom is -0.481 e. The maximum atomic E-state index is 11.4. The summed E-state index contributed by atoms with van der Waals surface area (Å²) in [5, 5.41) is 9.35. The molecular formula is C13H18N2O2. The Morgan fingerprint density at radius 2 is 2.12 bits per heavy atom. The van der Waals surface area contributed by atoms with Gasteiger partial charge in [0.25, 0.3) is 0 Å². The number of carbonyl (C=O) groups is 1. The molecular weight excluding hydrogens is 216 g/mol. The second-order valence-corrected chi connectivity index (χ2v) is 5.95. The lowest BCUT2D eigenvalue weighted by molar-refractivity contribution is -0.143. The van der Waals surface area contributed by atoms with Gasteiger partial charge >= 0.3 is 5.97 Å². The summed E-state index contributed by atoms with van der Waals surface area (Å²) in [6, 6.07) is 0. The zero-order valence-corrected chi connectivity index (χ0v) is 10.7. The van der Waals surface area contributed by atoms with Crippen LogP contribution in [0.3, 0.4) is 0 Å². The van der Waals surface area contributed by atoms with Gasteiger partial charge in [-0.25, -0.2) is 9.97 Å². The highest BCUT2D eigenvalue weighted by Gasteiger charge is 2.43. The average molecular weight is 234 g/mol. The maximum absolute atomic E-state index is 11.4. The van der Waals surface area contributed by atoms with Gasteiger partial charge in [-0.3, -0.25) is 4.79 Å². The van der Waals surface area contributed by atoms with Gasteiger partial charge in [-0.15, -0.1) is 0 Å². The van der Waals surface area contributed by atoms with E-state index in [1.165, 1.54) is 0 Å². The van der Waals surface area contributed by atoms with Crippen molar-refractivity contribution >= 4 is 5.97 Å². The molecule has 0 spiro atoms. The third-order valence-electron chi connectivity index (χ3n) is 3.42. The van der Waals surface area contributed by atoms with Crippen molar-refractivity contribution in [3.8, 4) is 0 Å². The molecule has 2 rings (SSSR count). The molecule has 1 aliphatic rings. The lowest BCUT2D eigenvalue weighted by Crippen LogP contribution is -2.31. The van der Waals surface area contributed by atoms with E-state index in [-0.39, 0.29) is 5.41 Å². The van der Waals surface area contributed by atoms with E-state index in [2.05, 4.69) is 9.97 Å². The van der Waals surface area contributed by atoms with Crippen molar-refractivity contribution in [2.24, 2.45) is 0 Å². The number of hydrogen-bond acceptors (Lipinski definition) is 3. The van der Waals surface area contributed by atoms with E-state index in [4.69, 9.17) is 0 Å². The van der Waals surface area contributed by atoms with Crippen LogP contribution in [0.2, 0.25) is 0 Å². The predicted molar refractivity (Wildman–Crippen MR) is 64.0 cm³/mol. The number of nitrogens with zero attached hydrogens (tertiary/aromatic N) is 2. The van der Waals surface area contributed by atoms with Crippen LogP contribution in [0, 0.1) is 0 Å². The van der Waals surface area contributed by atoms with Crippen LogP contribution in [-0.2, 0) is 22.0 Å². The first kappa shape index (κ1) is 12.0. The Kier molecular flexibility index (Phi) is 2.49. The first-order chi connectivity index (χ1) is 7.75. The quantitative estimate of drug-likeness (QED) is 0.808. The standard InChI is InChI=1S/C13H18N2O2/c1-12(2,3)10-14-7-8-5-6-13(4,11(16)17)9(8)15-10/h7H,5-6H2,1-4H3,(H,16,17). The zero-order chi connectivity index (χ0) is 12.8. The van der Waals surface area contributed by atoms with Crippen LogP contribution in [0.25, 0.3) is 0 Å². The summed E-state index contributed by atoms with van der Waals surface area (Å²) in [6.07, 6.45) is 3.15. The molecule has 92 valence electrons. The first-order valence-corrected chi connectivity index (χ1v) is 5.85. The second kappa shape index (κ2) is 3.52. The summed E-state index contributed by atoms with van der Waals surface area (Å²) in [4.78, 5) is 20.2. The molecule has 1 atom stereocenters. The Labute approximate surface area is 101 Å². The molecule has 0 amide bonds. The number of hydrogen-bond donors (Lipinski definition) is 1. The first-order valence-electron chi connectivity index (χ1n) is 5.85. The highest BCUT2D eigenvalue weighted by Crippen LogP contribution is 2.38. The van der Waals surface area contributed by atoms with E-state index >= 15 is 0 Å². The molecule has 0 bridgehead atoms. The van der Waals surface area contributed by atoms with Gasteiger partial charge in [0.2, 0.25) is 0 Å². The Morgan fingerprint density at radius 1 is 1.47 bits per heavy atom. The molecule has 0 radical (unpaired) electrons. The van der Waals surface area contributed by atoms with Gasteiger partial charge in [-0.1, -0.05) is 20.8 Å². The average Bonchev–Trinajstić information content (AvgIpc) is 2.56. The molecule has 0 aromatic carbocycles. The Morgan fingerprint density at radius 3 is 2.65 bits per heavy atom. The van der Waals surface area contributed by atoms with E-state index in [0.717, 1.165) is 12.0 Å². The van der Waals surface area contributed by atoms with Crippen molar-refractivity contribution in [3.63, 3.8) is 0 Å². The monoisotopic (exact) mass is 234 g/mol. The molecule has 1 unspecified atom stereocenters. The van der Waals surface area contributed by atoms with Crippen molar-refractivity contribution in [2.75, 3.05) is 0 Å². The Balaban J connectivity index is 2.55. The molecule has 1 aliphatic carbocycles. The molecule has 17 heavy (non-hydrogen) atoms. The minimum atomic E-state index is -0.849. The van der Waals surface area contributed by atoms with Gasteiger partial charge in [0.15, 0.2) is 0 Å². The van der Waals surface area contributed by atoms with Gasteiger partial charge in [0.05, 0.1) is 5.69 Å². The molecule has 0 saturated carbocycles. The number of rotatable bonds is 1. The number of aromatic nitrogens is 2. The van der Waals surface area contributed by atoms with Gasteiger partial charge in [0, 0.05) is 11.6 Å². The fourth-order valence-corrected chi connectivity index (χ4v) is 2.14. The van der Waals surface area contributed by atoms with E-state index in [1.54, 1.807) is 13.1 Å². The molecule has 1 aromatic rings. The summed E-state index contributed by atoms with van der Waals surface area (Å²) in [5.74, 6) is -0.0829. The Hall–Kier alpha value is -1.45. The number of aliphatic carboxylic acids is 1. The summed E-state index contributed by atoms with van der Waals surface area (Å²) < 4.78 is 0. The van der Waals surface area contributed by atoms with Crippen molar-refractivity contribution in [1.82, 2.24) is 9.97 Å². The van der Waals surface area contributed by atoms with E-state index < -0.39 is 11.4 Å². The van der Waals surface area contributed by atoms with Crippen LogP contribution in [0.15, 0.2) is 6.20 Å². The highest BCUT2D eigenvalue weighted by atomic mass is 16.4. The number of carboxylic acids is 1. The third kappa shape index (κ3) is 1.81. The van der Waals surface area contributed by atoms with Crippen molar-refractivity contribution in [3.05, 3.63) is 23.3 Å². The van der Waals surface area contributed by atoms with E-state index in [1.807, 2.05) is 20.8 Å². The zero-order valence-electron chi connectivity index (χ0n) is 10.7. The molecule has 4 heteroatoms. The van der Waals surface area contributed by atoms with Crippen LogP contribution < -0.4 is 0 Å². The molecule has 1 heterocycles. The fraction of sp³-hybridized carbons (Fsp3) is 0.615. The SMILES string of the molecule is CC(C)(C)c1ncc2c(n1)C(C)(C(=O)O)CC2. The molecule has 0 fully saturated rings. The molecule has 1 N–H and O–H groups in total. The smallest absolute Gasteiger partial charge is 0.315 e. The van der Waals surface area contributed by atoms with Crippen LogP contribution in [0.5, 0.6) is 0 Å². The molecule has 1 aromatic heterocycles. The van der Waals surface area contributed by atoms with Gasteiger partial charge in [-0.2, -0.15) is 0 Å².